The summed E-state index contributed by atoms with van der Waals surface area (Å²) in [5.41, 5.74) is 1.45. The van der Waals surface area contributed by atoms with Crippen molar-refractivity contribution in [1.29, 1.82) is 0 Å². The van der Waals surface area contributed by atoms with Crippen LogP contribution in [0.2, 0.25) is 0 Å². The molecule has 0 aliphatic carbocycles. The molecular weight excluding hydrogens is 165 g/mol. The van der Waals surface area contributed by atoms with Gasteiger partial charge in [0, 0.05) is 18.1 Å². The highest BCUT2D eigenvalue weighted by atomic mass is 19.0. The van der Waals surface area contributed by atoms with Crippen LogP contribution in [0, 0.1) is 0 Å². The first-order chi connectivity index (χ1) is 5.86. The largest absolute Gasteiger partial charge is 1.00 e. The summed E-state index contributed by atoms with van der Waals surface area (Å²) in [5, 5.41) is 0. The minimum atomic E-state index is 0. The highest BCUT2D eigenvalue weighted by Gasteiger charge is 1.99. The van der Waals surface area contributed by atoms with E-state index < -0.39 is 0 Å². The van der Waals surface area contributed by atoms with Crippen LogP contribution in [0.5, 0.6) is 0 Å². The van der Waals surface area contributed by atoms with Crippen molar-refractivity contribution < 1.29 is 9.27 Å². The lowest BCUT2D eigenvalue weighted by Crippen LogP contribution is -3.00. The predicted molar refractivity (Wildman–Crippen MR) is 50.9 cm³/mol. The molecule has 0 saturated carbocycles. The molecule has 0 radical (unpaired) electrons. The van der Waals surface area contributed by atoms with Crippen molar-refractivity contribution in [2.45, 2.75) is 39.7 Å². The summed E-state index contributed by atoms with van der Waals surface area (Å²) in [7, 11) is 0. The monoisotopic (exact) mass is 183 g/mol. The van der Waals surface area contributed by atoms with Gasteiger partial charge in [0.2, 0.25) is 0 Å². The van der Waals surface area contributed by atoms with E-state index in [9.17, 15) is 0 Å². The topological polar surface area (TPSA) is 3.88 Å². The molecule has 0 atom stereocenters. The second-order valence-electron chi connectivity index (χ2n) is 3.20. The first kappa shape index (κ1) is 12.1. The van der Waals surface area contributed by atoms with Gasteiger partial charge in [0.1, 0.15) is 6.54 Å². The van der Waals surface area contributed by atoms with Crippen LogP contribution >= 0.6 is 0 Å². The van der Waals surface area contributed by atoms with E-state index >= 15 is 0 Å². The summed E-state index contributed by atoms with van der Waals surface area (Å²) in [6.45, 7) is 5.56. The second kappa shape index (κ2) is 6.58. The molecule has 74 valence electrons. The van der Waals surface area contributed by atoms with E-state index in [1.54, 1.807) is 0 Å². The Bertz CT molecular complexity index is 214. The fourth-order valence-corrected chi connectivity index (χ4v) is 1.41. The first-order valence-electron chi connectivity index (χ1n) is 4.84. The summed E-state index contributed by atoms with van der Waals surface area (Å²) in [6.07, 6.45) is 8.04. The van der Waals surface area contributed by atoms with Crippen molar-refractivity contribution in [2.75, 3.05) is 0 Å². The Hall–Kier alpha value is -0.920. The molecule has 2 heteroatoms. The van der Waals surface area contributed by atoms with Gasteiger partial charge < -0.3 is 4.70 Å². The molecule has 0 spiro atoms. The number of aromatic nitrogens is 1. The minimum absolute atomic E-state index is 0. The Morgan fingerprint density at radius 2 is 2.00 bits per heavy atom. The van der Waals surface area contributed by atoms with Gasteiger partial charge in [0.05, 0.1) is 0 Å². The smallest absolute Gasteiger partial charge is 0.171 e. The van der Waals surface area contributed by atoms with E-state index in [0.29, 0.717) is 0 Å². The molecular formula is C11H18FN. The number of aryl methyl sites for hydroxylation is 2. The molecule has 0 fully saturated rings. The molecule has 0 aliphatic rings. The van der Waals surface area contributed by atoms with Crippen LogP contribution in [-0.2, 0) is 13.0 Å². The molecule has 1 heterocycles. The van der Waals surface area contributed by atoms with Crippen molar-refractivity contribution in [3.63, 3.8) is 0 Å². The van der Waals surface area contributed by atoms with Gasteiger partial charge in [-0.1, -0.05) is 20.3 Å². The summed E-state index contributed by atoms with van der Waals surface area (Å²) >= 11 is 0. The number of hydrogen-bond acceptors (Lipinski definition) is 0. The molecule has 0 saturated heterocycles. The zero-order valence-electron chi connectivity index (χ0n) is 8.46. The fourth-order valence-electron chi connectivity index (χ4n) is 1.41. The fraction of sp³-hybridized carbons (Fsp3) is 0.545. The molecule has 0 aromatic carbocycles. The first-order valence-corrected chi connectivity index (χ1v) is 4.84. The zero-order chi connectivity index (χ0) is 8.81. The van der Waals surface area contributed by atoms with Gasteiger partial charge in [0.15, 0.2) is 12.4 Å². The van der Waals surface area contributed by atoms with Gasteiger partial charge in [-0.15, -0.1) is 0 Å². The number of pyridine rings is 1. The predicted octanol–water partition coefficient (Wildman–Crippen LogP) is -0.659. The molecule has 1 aromatic rings. The number of hydrogen-bond donors (Lipinski definition) is 0. The highest BCUT2D eigenvalue weighted by molar-refractivity contribution is 5.04. The van der Waals surface area contributed by atoms with Gasteiger partial charge in [-0.25, -0.2) is 4.57 Å². The van der Waals surface area contributed by atoms with Crippen LogP contribution in [0.3, 0.4) is 0 Å². The molecule has 0 aliphatic heterocycles. The minimum Gasteiger partial charge on any atom is -1.00 e. The Morgan fingerprint density at radius 3 is 2.62 bits per heavy atom. The van der Waals surface area contributed by atoms with Crippen LogP contribution in [0.15, 0.2) is 24.5 Å². The van der Waals surface area contributed by atoms with Gasteiger partial charge in [-0.2, -0.15) is 0 Å². The Kier molecular flexibility index (Phi) is 6.11. The number of halogens is 1. The van der Waals surface area contributed by atoms with Crippen LogP contribution in [0.25, 0.3) is 0 Å². The van der Waals surface area contributed by atoms with Gasteiger partial charge in [-0.05, 0) is 12.5 Å². The van der Waals surface area contributed by atoms with Crippen molar-refractivity contribution in [1.82, 2.24) is 0 Å². The van der Waals surface area contributed by atoms with E-state index in [1.165, 1.54) is 24.8 Å². The van der Waals surface area contributed by atoms with Crippen molar-refractivity contribution >= 4 is 0 Å². The average Bonchev–Trinajstić information content (AvgIpc) is 2.06. The van der Waals surface area contributed by atoms with Crippen LogP contribution in [-0.4, -0.2) is 0 Å². The van der Waals surface area contributed by atoms with Gasteiger partial charge in [0.25, 0.3) is 0 Å². The molecule has 13 heavy (non-hydrogen) atoms. The van der Waals surface area contributed by atoms with Crippen molar-refractivity contribution in [3.05, 3.63) is 30.1 Å². The molecule has 1 nitrogen and oxygen atoms in total. The van der Waals surface area contributed by atoms with Gasteiger partial charge in [-0.3, -0.25) is 0 Å². The third kappa shape index (κ3) is 4.02. The Labute approximate surface area is 79.8 Å². The standard InChI is InChI=1S/C11H18N.FH/c1-3-6-11-7-5-9-12(10-11)8-4-2;/h5,7,9-10H,3-4,6,8H2,1-2H3;1H/q+1;/p-1. The maximum absolute atomic E-state index is 2.27. The maximum atomic E-state index is 2.27. The number of rotatable bonds is 4. The second-order valence-corrected chi connectivity index (χ2v) is 3.20. The molecule has 1 aromatic heterocycles. The summed E-state index contributed by atoms with van der Waals surface area (Å²) in [6, 6.07) is 4.34. The van der Waals surface area contributed by atoms with E-state index in [0.717, 1.165) is 6.54 Å². The van der Waals surface area contributed by atoms with Crippen LogP contribution < -0.4 is 9.27 Å². The lowest BCUT2D eigenvalue weighted by atomic mass is 10.2. The van der Waals surface area contributed by atoms with Crippen molar-refractivity contribution in [3.8, 4) is 0 Å². The quantitative estimate of drug-likeness (QED) is 0.546. The number of nitrogens with zero attached hydrogens (tertiary/aromatic N) is 1. The normalized spacial score (nSPS) is 9.38. The summed E-state index contributed by atoms with van der Waals surface area (Å²) < 4.78 is 2.27. The van der Waals surface area contributed by atoms with E-state index in [-0.39, 0.29) is 4.70 Å². The van der Waals surface area contributed by atoms with Crippen LogP contribution in [0.4, 0.5) is 0 Å². The van der Waals surface area contributed by atoms with E-state index in [4.69, 9.17) is 0 Å². The Morgan fingerprint density at radius 1 is 1.23 bits per heavy atom. The maximum Gasteiger partial charge on any atom is 0.171 e. The molecule has 1 rings (SSSR count). The molecule has 0 unspecified atom stereocenters. The zero-order valence-corrected chi connectivity index (χ0v) is 8.46. The highest BCUT2D eigenvalue weighted by Crippen LogP contribution is 1.98. The molecule has 0 amide bonds. The lowest BCUT2D eigenvalue weighted by molar-refractivity contribution is -0.697. The summed E-state index contributed by atoms with van der Waals surface area (Å²) in [5.74, 6) is 0. The van der Waals surface area contributed by atoms with Gasteiger partial charge >= 0.3 is 0 Å². The SMILES string of the molecule is CCCc1ccc[n+](CCC)c1.[F-]. The van der Waals surface area contributed by atoms with Crippen LogP contribution in [0.1, 0.15) is 32.3 Å². The lowest BCUT2D eigenvalue weighted by Gasteiger charge is -1.97. The average molecular weight is 183 g/mol. The van der Waals surface area contributed by atoms with Crippen molar-refractivity contribution in [2.24, 2.45) is 0 Å². The summed E-state index contributed by atoms with van der Waals surface area (Å²) in [4.78, 5) is 0. The third-order valence-corrected chi connectivity index (χ3v) is 1.94. The molecule has 0 N–H and O–H groups in total. The molecule has 0 bridgehead atoms. The van der Waals surface area contributed by atoms with E-state index in [2.05, 4.69) is 42.9 Å². The van der Waals surface area contributed by atoms with E-state index in [1.807, 2.05) is 0 Å². The third-order valence-electron chi connectivity index (χ3n) is 1.94. The Balaban J connectivity index is 0.00000144.